The van der Waals surface area contributed by atoms with Gasteiger partial charge in [-0.2, -0.15) is 0 Å². The third-order valence-electron chi connectivity index (χ3n) is 13.8. The van der Waals surface area contributed by atoms with Crippen molar-refractivity contribution >= 4 is 5.97 Å². The second-order valence-electron chi connectivity index (χ2n) is 15.7. The number of aliphatic hydroxyl groups is 1. The number of carboxylic acids is 1. The van der Waals surface area contributed by atoms with Gasteiger partial charge in [-0.25, -0.2) is 0 Å². The number of rotatable bonds is 3. The summed E-state index contributed by atoms with van der Waals surface area (Å²) in [5.74, 6) is 1.64. The molecule has 8 atom stereocenters. The molecule has 3 heteroatoms. The molecule has 5 rings (SSSR count). The van der Waals surface area contributed by atoms with Crippen molar-refractivity contribution in [1.82, 2.24) is 0 Å². The zero-order chi connectivity index (χ0) is 25.7. The number of hydrogen-bond acceptors (Lipinski definition) is 2. The lowest BCUT2D eigenvalue weighted by molar-refractivity contribution is -0.197. The summed E-state index contributed by atoms with van der Waals surface area (Å²) in [6.07, 6.45) is 14.5. The fourth-order valence-corrected chi connectivity index (χ4v) is 11.4. The summed E-state index contributed by atoms with van der Waals surface area (Å²) in [5.41, 5.74) is 2.13. The third-order valence-corrected chi connectivity index (χ3v) is 13.8. The summed E-state index contributed by atoms with van der Waals surface area (Å²) in [4.78, 5) is 12.8. The Hall–Kier alpha value is -0.830. The number of carbonyl (C=O) groups is 1. The second kappa shape index (κ2) is 7.84. The van der Waals surface area contributed by atoms with Gasteiger partial charge in [0, 0.05) is 6.61 Å². The van der Waals surface area contributed by atoms with E-state index in [1.54, 1.807) is 0 Å². The Morgan fingerprint density at radius 3 is 2.26 bits per heavy atom. The minimum atomic E-state index is -0.546. The quantitative estimate of drug-likeness (QED) is 0.401. The molecule has 0 aromatic heterocycles. The highest BCUT2D eigenvalue weighted by molar-refractivity contribution is 5.76. The molecule has 0 bridgehead atoms. The van der Waals surface area contributed by atoms with Crippen molar-refractivity contribution in [2.75, 3.05) is 6.61 Å². The van der Waals surface area contributed by atoms with E-state index < -0.39 is 11.4 Å². The van der Waals surface area contributed by atoms with E-state index in [-0.39, 0.29) is 27.6 Å². The Kier molecular flexibility index (Phi) is 5.78. The van der Waals surface area contributed by atoms with Crippen molar-refractivity contribution in [3.05, 3.63) is 11.6 Å². The molecule has 8 unspecified atom stereocenters. The van der Waals surface area contributed by atoms with E-state index in [2.05, 4.69) is 54.5 Å². The molecule has 0 aromatic rings. The van der Waals surface area contributed by atoms with Crippen molar-refractivity contribution in [3.63, 3.8) is 0 Å². The van der Waals surface area contributed by atoms with Crippen LogP contribution in [0, 0.1) is 56.2 Å². The molecule has 0 aromatic carbocycles. The molecule has 0 saturated heterocycles. The highest BCUT2D eigenvalue weighted by Gasteiger charge is 2.69. The smallest absolute Gasteiger partial charge is 0.310 e. The number of allylic oxidation sites excluding steroid dienone is 2. The SMILES string of the molecule is CC1(C)CCC2(C(=O)O)CCC3(C)C(=CCC4C5(C)CCC(CCO)C(C)(C)C5CCC43C)C2C1. The summed E-state index contributed by atoms with van der Waals surface area (Å²) in [5, 5.41) is 20.3. The summed E-state index contributed by atoms with van der Waals surface area (Å²) in [6, 6.07) is 0. The molecular weight excluding hydrogens is 432 g/mol. The number of fused-ring (bicyclic) bond motifs is 7. The average molecular weight is 485 g/mol. The highest BCUT2D eigenvalue weighted by atomic mass is 16.4. The first kappa shape index (κ1) is 25.8. The molecule has 5 aliphatic rings. The molecule has 198 valence electrons. The Balaban J connectivity index is 1.56. The molecule has 0 radical (unpaired) electrons. The largest absolute Gasteiger partial charge is 0.481 e. The van der Waals surface area contributed by atoms with Crippen LogP contribution in [-0.2, 0) is 4.79 Å². The van der Waals surface area contributed by atoms with Gasteiger partial charge in [-0.05, 0) is 121 Å². The van der Waals surface area contributed by atoms with Crippen molar-refractivity contribution in [1.29, 1.82) is 0 Å². The number of carboxylic acid groups (broad SMARTS) is 1. The minimum absolute atomic E-state index is 0.104. The van der Waals surface area contributed by atoms with Crippen molar-refractivity contribution in [3.8, 4) is 0 Å². The van der Waals surface area contributed by atoms with Crippen LogP contribution in [0.25, 0.3) is 0 Å². The van der Waals surface area contributed by atoms with E-state index in [9.17, 15) is 15.0 Å². The fourth-order valence-electron chi connectivity index (χ4n) is 11.4. The Bertz CT molecular complexity index is 916. The molecule has 4 fully saturated rings. The molecule has 0 spiro atoms. The topological polar surface area (TPSA) is 57.5 Å². The number of aliphatic carboxylic acids is 1. The van der Waals surface area contributed by atoms with Crippen LogP contribution >= 0.6 is 0 Å². The zero-order valence-corrected chi connectivity index (χ0v) is 23.7. The summed E-state index contributed by atoms with van der Waals surface area (Å²) >= 11 is 0. The first-order valence-corrected chi connectivity index (χ1v) is 14.7. The standard InChI is InChI=1S/C32H52O3/c1-27(2)15-17-32(26(34)35)18-16-30(6)22(23(32)20-27)8-9-25-29(5)13-10-21(12-19-33)28(3,4)24(29)11-14-31(25,30)7/h8,21,23-25,33H,9-20H2,1-7H3,(H,34,35). The van der Waals surface area contributed by atoms with Crippen LogP contribution in [-0.4, -0.2) is 22.8 Å². The lowest BCUT2D eigenvalue weighted by Crippen LogP contribution is -2.64. The Morgan fingerprint density at radius 2 is 1.60 bits per heavy atom. The van der Waals surface area contributed by atoms with Gasteiger partial charge in [0.1, 0.15) is 0 Å². The lowest BCUT2D eigenvalue weighted by Gasteiger charge is -2.71. The zero-order valence-electron chi connectivity index (χ0n) is 23.7. The van der Waals surface area contributed by atoms with E-state index in [1.807, 2.05) is 0 Å². The first-order chi connectivity index (χ1) is 16.2. The van der Waals surface area contributed by atoms with E-state index >= 15 is 0 Å². The van der Waals surface area contributed by atoms with Gasteiger partial charge in [0.25, 0.3) is 0 Å². The maximum absolute atomic E-state index is 12.8. The van der Waals surface area contributed by atoms with Crippen molar-refractivity contribution in [2.45, 2.75) is 119 Å². The highest BCUT2D eigenvalue weighted by Crippen LogP contribution is 2.76. The van der Waals surface area contributed by atoms with Crippen molar-refractivity contribution < 1.29 is 15.0 Å². The monoisotopic (exact) mass is 484 g/mol. The van der Waals surface area contributed by atoms with E-state index in [1.165, 1.54) is 31.3 Å². The fraction of sp³-hybridized carbons (Fsp3) is 0.906. The number of aliphatic hydroxyl groups excluding tert-OH is 1. The predicted octanol–water partition coefficient (Wildman–Crippen LogP) is 7.87. The summed E-state index contributed by atoms with van der Waals surface area (Å²) in [6.45, 7) is 17.8. The molecule has 2 N–H and O–H groups in total. The Morgan fingerprint density at radius 1 is 0.914 bits per heavy atom. The van der Waals surface area contributed by atoms with Crippen LogP contribution in [0.1, 0.15) is 119 Å². The minimum Gasteiger partial charge on any atom is -0.481 e. The summed E-state index contributed by atoms with van der Waals surface area (Å²) in [7, 11) is 0. The molecule has 5 aliphatic carbocycles. The second-order valence-corrected chi connectivity index (χ2v) is 15.7. The third kappa shape index (κ3) is 3.28. The normalized spacial score (nSPS) is 50.1. The lowest BCUT2D eigenvalue weighted by atomic mass is 9.33. The van der Waals surface area contributed by atoms with Gasteiger partial charge >= 0.3 is 5.97 Å². The van der Waals surface area contributed by atoms with Gasteiger partial charge in [-0.15, -0.1) is 0 Å². The van der Waals surface area contributed by atoms with Gasteiger partial charge in [-0.1, -0.05) is 60.1 Å². The molecule has 0 aliphatic heterocycles. The van der Waals surface area contributed by atoms with E-state index in [0.717, 1.165) is 44.9 Å². The van der Waals surface area contributed by atoms with Crippen LogP contribution in [0.3, 0.4) is 0 Å². The predicted molar refractivity (Wildman–Crippen MR) is 142 cm³/mol. The van der Waals surface area contributed by atoms with Gasteiger partial charge in [0.2, 0.25) is 0 Å². The van der Waals surface area contributed by atoms with Gasteiger partial charge in [-0.3, -0.25) is 4.79 Å². The van der Waals surface area contributed by atoms with Crippen LogP contribution in [0.15, 0.2) is 11.6 Å². The molecule has 35 heavy (non-hydrogen) atoms. The van der Waals surface area contributed by atoms with E-state index in [0.29, 0.717) is 29.8 Å². The van der Waals surface area contributed by atoms with Crippen LogP contribution in [0.2, 0.25) is 0 Å². The summed E-state index contributed by atoms with van der Waals surface area (Å²) < 4.78 is 0. The number of hydrogen-bond donors (Lipinski definition) is 2. The Labute approximate surface area is 214 Å². The average Bonchev–Trinajstić information content (AvgIpc) is 2.75. The van der Waals surface area contributed by atoms with Crippen molar-refractivity contribution in [2.24, 2.45) is 56.2 Å². The molecular formula is C32H52O3. The molecule has 0 heterocycles. The molecule has 3 nitrogen and oxygen atoms in total. The molecule has 0 amide bonds. The maximum Gasteiger partial charge on any atom is 0.310 e. The first-order valence-electron chi connectivity index (χ1n) is 14.7. The molecule has 4 saturated carbocycles. The van der Waals surface area contributed by atoms with Gasteiger partial charge in [0.15, 0.2) is 0 Å². The maximum atomic E-state index is 12.8. The van der Waals surface area contributed by atoms with E-state index in [4.69, 9.17) is 0 Å². The van der Waals surface area contributed by atoms with Crippen LogP contribution in [0.5, 0.6) is 0 Å². The van der Waals surface area contributed by atoms with Gasteiger partial charge < -0.3 is 10.2 Å². The van der Waals surface area contributed by atoms with Crippen LogP contribution in [0.4, 0.5) is 0 Å². The van der Waals surface area contributed by atoms with Crippen LogP contribution < -0.4 is 0 Å². The van der Waals surface area contributed by atoms with Gasteiger partial charge in [0.05, 0.1) is 5.41 Å².